The van der Waals surface area contributed by atoms with Crippen LogP contribution in [0.1, 0.15) is 71.3 Å². The van der Waals surface area contributed by atoms with Crippen LogP contribution in [0.2, 0.25) is 0 Å². The minimum atomic E-state index is 0.311. The molecule has 0 aliphatic heterocycles. The zero-order valence-corrected chi connectivity index (χ0v) is 17.6. The summed E-state index contributed by atoms with van der Waals surface area (Å²) in [6.45, 7) is 7.42. The van der Waals surface area contributed by atoms with Crippen molar-refractivity contribution in [3.05, 3.63) is 36.2 Å². The molecule has 7 atom stereocenters. The van der Waals surface area contributed by atoms with Crippen molar-refractivity contribution in [2.45, 2.75) is 65.7 Å². The molecule has 3 heteroatoms. The van der Waals surface area contributed by atoms with Crippen molar-refractivity contribution in [3.8, 4) is 0 Å². The molecule has 1 N–H and O–H groups in total. The third kappa shape index (κ3) is 2.40. The van der Waals surface area contributed by atoms with Gasteiger partial charge in [0.25, 0.3) is 0 Å². The van der Waals surface area contributed by atoms with Gasteiger partial charge in [0.2, 0.25) is 0 Å². The number of hydrogen-bond donors (Lipinski definition) is 1. The molecule has 5 rings (SSSR count). The van der Waals surface area contributed by atoms with Gasteiger partial charge in [-0.05, 0) is 96.7 Å². The number of pyridine rings is 1. The highest BCUT2D eigenvalue weighted by Crippen LogP contribution is 2.67. The van der Waals surface area contributed by atoms with Crippen LogP contribution in [0.4, 0.5) is 0 Å². The van der Waals surface area contributed by atoms with E-state index in [-0.39, 0.29) is 0 Å². The second kappa shape index (κ2) is 6.43. The van der Waals surface area contributed by atoms with Gasteiger partial charge in [-0.1, -0.05) is 38.1 Å². The van der Waals surface area contributed by atoms with Gasteiger partial charge in [-0.2, -0.15) is 0 Å². The molecule has 4 aliphatic rings. The molecule has 3 fully saturated rings. The van der Waals surface area contributed by atoms with Crippen molar-refractivity contribution in [1.29, 1.82) is 0 Å². The maximum Gasteiger partial charge on any atom is 0.0602 e. The molecule has 0 spiro atoms. The van der Waals surface area contributed by atoms with E-state index in [9.17, 15) is 5.21 Å². The van der Waals surface area contributed by atoms with Gasteiger partial charge in [0.15, 0.2) is 0 Å². The fourth-order valence-corrected chi connectivity index (χ4v) is 8.21. The van der Waals surface area contributed by atoms with E-state index < -0.39 is 0 Å². The lowest BCUT2D eigenvalue weighted by Crippen LogP contribution is -2.55. The van der Waals surface area contributed by atoms with Crippen molar-refractivity contribution in [3.63, 3.8) is 0 Å². The molecule has 3 saturated carbocycles. The smallest absolute Gasteiger partial charge is 0.0602 e. The molecular weight excluding hydrogens is 344 g/mol. The van der Waals surface area contributed by atoms with E-state index in [2.05, 4.69) is 55.3 Å². The number of oxime groups is 1. The van der Waals surface area contributed by atoms with Gasteiger partial charge in [-0.3, -0.25) is 4.98 Å². The highest BCUT2D eigenvalue weighted by atomic mass is 16.4. The Bertz CT molecular complexity index is 815. The summed E-state index contributed by atoms with van der Waals surface area (Å²) in [6, 6.07) is 4.32. The summed E-state index contributed by atoms with van der Waals surface area (Å²) in [5.74, 6) is 3.57. The number of hydrogen-bond acceptors (Lipinski definition) is 3. The number of rotatable bonds is 1. The number of aromatic nitrogens is 1. The summed E-state index contributed by atoms with van der Waals surface area (Å²) in [4.78, 5) is 4.40. The highest BCUT2D eigenvalue weighted by molar-refractivity contribution is 5.87. The Labute approximate surface area is 169 Å². The van der Waals surface area contributed by atoms with E-state index in [4.69, 9.17) is 0 Å². The first-order chi connectivity index (χ1) is 13.5. The predicted molar refractivity (Wildman–Crippen MR) is 113 cm³/mol. The molecule has 0 saturated heterocycles. The molecule has 0 amide bonds. The molecule has 150 valence electrons. The fraction of sp³-hybridized carbons (Fsp3) is 0.680. The fourth-order valence-electron chi connectivity index (χ4n) is 8.21. The molecule has 28 heavy (non-hydrogen) atoms. The Kier molecular flexibility index (Phi) is 4.23. The maximum absolute atomic E-state index is 9.44. The van der Waals surface area contributed by atoms with Gasteiger partial charge in [0.1, 0.15) is 0 Å². The van der Waals surface area contributed by atoms with E-state index in [0.717, 1.165) is 29.9 Å². The standard InChI is InChI=1S/C25H34N2O/c1-16-19-7-6-18-21-9-8-20(17-5-4-14-26-15-17)25(21,3)12-10-22(18)24(19,2)13-11-23(16)27-28/h4-5,8,14-16,18-19,21-22,28H,6-7,9-13H2,1-3H3/b27-23+/t16?,18-,19?,21-,22-,24-,25+/m0/s1. The van der Waals surface area contributed by atoms with Crippen LogP contribution < -0.4 is 0 Å². The SMILES string of the molecule is CC1/C(=N/O)CC[C@@]2(C)C1CC[C@@H]1[C@@H]2CC[C@]2(C)C(c3cccnc3)=CC[C@@H]12. The monoisotopic (exact) mass is 378 g/mol. The zero-order chi connectivity index (χ0) is 19.5. The van der Waals surface area contributed by atoms with E-state index >= 15 is 0 Å². The number of nitrogens with zero attached hydrogens (tertiary/aromatic N) is 2. The van der Waals surface area contributed by atoms with Gasteiger partial charge in [0, 0.05) is 18.3 Å². The van der Waals surface area contributed by atoms with E-state index in [1.165, 1.54) is 44.1 Å². The quantitative estimate of drug-likeness (QED) is 0.467. The third-order valence-electron chi connectivity index (χ3n) is 9.67. The van der Waals surface area contributed by atoms with E-state index in [1.807, 2.05) is 6.20 Å². The summed E-state index contributed by atoms with van der Waals surface area (Å²) >= 11 is 0. The molecule has 4 aliphatic carbocycles. The van der Waals surface area contributed by atoms with Gasteiger partial charge in [0.05, 0.1) is 5.71 Å². The van der Waals surface area contributed by atoms with Crippen molar-refractivity contribution in [2.75, 3.05) is 0 Å². The molecule has 1 aromatic heterocycles. The molecular formula is C25H34N2O. The van der Waals surface area contributed by atoms with Gasteiger partial charge < -0.3 is 5.21 Å². The third-order valence-corrected chi connectivity index (χ3v) is 9.67. The van der Waals surface area contributed by atoms with Crippen molar-refractivity contribution in [2.24, 2.45) is 45.6 Å². The largest absolute Gasteiger partial charge is 0.411 e. The van der Waals surface area contributed by atoms with Gasteiger partial charge in [-0.15, -0.1) is 0 Å². The van der Waals surface area contributed by atoms with Crippen LogP contribution in [0.25, 0.3) is 5.57 Å². The first kappa shape index (κ1) is 18.4. The topological polar surface area (TPSA) is 45.5 Å². The Balaban J connectivity index is 1.44. The Morgan fingerprint density at radius 1 is 1.11 bits per heavy atom. The van der Waals surface area contributed by atoms with Crippen LogP contribution in [0, 0.1) is 40.4 Å². The van der Waals surface area contributed by atoms with Crippen molar-refractivity contribution < 1.29 is 5.21 Å². The van der Waals surface area contributed by atoms with Crippen LogP contribution in [0.15, 0.2) is 35.8 Å². The summed E-state index contributed by atoms with van der Waals surface area (Å²) in [5.41, 5.74) is 4.66. The van der Waals surface area contributed by atoms with Crippen LogP contribution in [-0.4, -0.2) is 15.9 Å². The van der Waals surface area contributed by atoms with Gasteiger partial charge >= 0.3 is 0 Å². The Hall–Kier alpha value is -1.64. The minimum absolute atomic E-state index is 0.311. The molecule has 0 radical (unpaired) electrons. The first-order valence-electron chi connectivity index (χ1n) is 11.3. The van der Waals surface area contributed by atoms with Crippen LogP contribution in [-0.2, 0) is 0 Å². The van der Waals surface area contributed by atoms with Crippen LogP contribution in [0.5, 0.6) is 0 Å². The minimum Gasteiger partial charge on any atom is -0.411 e. The lowest BCUT2D eigenvalue weighted by Gasteiger charge is -2.61. The van der Waals surface area contributed by atoms with Crippen LogP contribution >= 0.6 is 0 Å². The molecule has 3 nitrogen and oxygen atoms in total. The summed E-state index contributed by atoms with van der Waals surface area (Å²) in [7, 11) is 0. The Morgan fingerprint density at radius 2 is 1.96 bits per heavy atom. The zero-order valence-electron chi connectivity index (χ0n) is 17.6. The molecule has 1 aromatic rings. The summed E-state index contributed by atoms with van der Waals surface area (Å²) in [6.07, 6.45) is 15.2. The van der Waals surface area contributed by atoms with Crippen LogP contribution in [0.3, 0.4) is 0 Å². The molecule has 1 heterocycles. The van der Waals surface area contributed by atoms with E-state index in [1.54, 1.807) is 5.57 Å². The highest BCUT2D eigenvalue weighted by Gasteiger charge is 2.59. The summed E-state index contributed by atoms with van der Waals surface area (Å²) < 4.78 is 0. The number of fused-ring (bicyclic) bond motifs is 5. The maximum atomic E-state index is 9.44. The van der Waals surface area contributed by atoms with Crippen molar-refractivity contribution in [1.82, 2.24) is 4.98 Å². The normalized spacial score (nSPS) is 46.5. The van der Waals surface area contributed by atoms with Gasteiger partial charge in [-0.25, -0.2) is 0 Å². The number of allylic oxidation sites excluding steroid dienone is 2. The van der Waals surface area contributed by atoms with Crippen molar-refractivity contribution >= 4 is 11.3 Å². The second-order valence-electron chi connectivity index (χ2n) is 10.5. The average Bonchev–Trinajstić information content (AvgIpc) is 3.06. The summed E-state index contributed by atoms with van der Waals surface area (Å²) in [5, 5.41) is 13.1. The van der Waals surface area contributed by atoms with E-state index in [0.29, 0.717) is 22.7 Å². The predicted octanol–water partition coefficient (Wildman–Crippen LogP) is 6.19. The molecule has 0 aromatic carbocycles. The first-order valence-corrected chi connectivity index (χ1v) is 11.3. The average molecular weight is 379 g/mol. The molecule has 0 bridgehead atoms. The lowest BCUT2D eigenvalue weighted by atomic mass is 9.43. The Morgan fingerprint density at radius 3 is 2.71 bits per heavy atom. The lowest BCUT2D eigenvalue weighted by molar-refractivity contribution is -0.0945. The molecule has 2 unspecified atom stereocenters. The second-order valence-corrected chi connectivity index (χ2v) is 10.5.